The Balaban J connectivity index is 3.15. The number of ether oxygens (including phenoxy) is 1. The van der Waals surface area contributed by atoms with Gasteiger partial charge in [0.05, 0.1) is 6.10 Å². The Bertz CT molecular complexity index is 174. The Labute approximate surface area is 104 Å². The summed E-state index contributed by atoms with van der Waals surface area (Å²) in [7, 11) is 0. The second-order valence-corrected chi connectivity index (χ2v) is 5.10. The summed E-state index contributed by atoms with van der Waals surface area (Å²) >= 11 is 1.89. The number of carbonyl (C=O) groups excluding carboxylic acids is 1. The van der Waals surface area contributed by atoms with Crippen LogP contribution in [0.25, 0.3) is 0 Å². The first-order valence-corrected chi connectivity index (χ1v) is 7.43. The van der Waals surface area contributed by atoms with Crippen LogP contribution >= 0.6 is 11.8 Å². The number of rotatable bonds is 10. The maximum Gasteiger partial charge on any atom is 0.246 e. The summed E-state index contributed by atoms with van der Waals surface area (Å²) in [5, 5.41) is 2.86. The molecule has 0 spiro atoms. The molecule has 0 unspecified atom stereocenters. The van der Waals surface area contributed by atoms with E-state index in [9.17, 15) is 4.79 Å². The summed E-state index contributed by atoms with van der Waals surface area (Å²) in [6, 6.07) is 0. The van der Waals surface area contributed by atoms with Crippen molar-refractivity contribution < 1.29 is 9.53 Å². The minimum Gasteiger partial charge on any atom is -0.369 e. The lowest BCUT2D eigenvalue weighted by molar-refractivity contribution is -0.127. The molecule has 0 fully saturated rings. The number of hydrogen-bond donors (Lipinski definition) is 1. The molecule has 0 aliphatic heterocycles. The Kier molecular flexibility index (Phi) is 11.1. The van der Waals surface area contributed by atoms with Crippen molar-refractivity contribution in [3.63, 3.8) is 0 Å². The number of thioether (sulfide) groups is 1. The van der Waals surface area contributed by atoms with E-state index in [1.54, 1.807) is 0 Å². The van der Waals surface area contributed by atoms with Crippen LogP contribution in [0.4, 0.5) is 0 Å². The highest BCUT2D eigenvalue weighted by atomic mass is 32.2. The molecule has 0 saturated heterocycles. The van der Waals surface area contributed by atoms with Gasteiger partial charge in [-0.25, -0.2) is 0 Å². The van der Waals surface area contributed by atoms with Crippen LogP contribution in [-0.2, 0) is 9.53 Å². The Morgan fingerprint density at radius 3 is 2.56 bits per heavy atom. The SMILES string of the molecule is CSCCCCCCNC(=O)COC(C)C. The van der Waals surface area contributed by atoms with Crippen LogP contribution in [0.15, 0.2) is 0 Å². The molecular weight excluding hydrogens is 222 g/mol. The second kappa shape index (κ2) is 11.3. The van der Waals surface area contributed by atoms with Gasteiger partial charge in [-0.15, -0.1) is 0 Å². The normalized spacial score (nSPS) is 10.8. The topological polar surface area (TPSA) is 38.3 Å². The van der Waals surface area contributed by atoms with E-state index in [2.05, 4.69) is 11.6 Å². The molecule has 0 aliphatic rings. The standard InChI is InChI=1S/C12H25NO2S/c1-11(2)15-10-12(14)13-8-6-4-5-7-9-16-3/h11H,4-10H2,1-3H3,(H,13,14). The smallest absolute Gasteiger partial charge is 0.246 e. The first-order valence-electron chi connectivity index (χ1n) is 6.04. The van der Waals surface area contributed by atoms with Crippen LogP contribution in [0.2, 0.25) is 0 Å². The maximum atomic E-state index is 11.2. The predicted molar refractivity (Wildman–Crippen MR) is 70.9 cm³/mol. The van der Waals surface area contributed by atoms with E-state index in [4.69, 9.17) is 4.74 Å². The van der Waals surface area contributed by atoms with E-state index in [1.165, 1.54) is 25.0 Å². The van der Waals surface area contributed by atoms with Gasteiger partial charge in [-0.1, -0.05) is 12.8 Å². The molecule has 1 amide bonds. The van der Waals surface area contributed by atoms with Crippen LogP contribution in [0.1, 0.15) is 39.5 Å². The van der Waals surface area contributed by atoms with Gasteiger partial charge in [0.15, 0.2) is 0 Å². The molecule has 0 aliphatic carbocycles. The molecule has 0 bridgehead atoms. The van der Waals surface area contributed by atoms with Crippen LogP contribution in [0.5, 0.6) is 0 Å². The third-order valence-corrected chi connectivity index (χ3v) is 2.84. The molecule has 0 radical (unpaired) electrons. The third-order valence-electron chi connectivity index (χ3n) is 2.15. The van der Waals surface area contributed by atoms with Gasteiger partial charge < -0.3 is 10.1 Å². The van der Waals surface area contributed by atoms with Gasteiger partial charge in [-0.2, -0.15) is 11.8 Å². The molecule has 3 nitrogen and oxygen atoms in total. The molecule has 0 heterocycles. The van der Waals surface area contributed by atoms with Crippen molar-refractivity contribution >= 4 is 17.7 Å². The number of nitrogens with one attached hydrogen (secondary N) is 1. The zero-order chi connectivity index (χ0) is 12.2. The van der Waals surface area contributed by atoms with Gasteiger partial charge >= 0.3 is 0 Å². The first-order chi connectivity index (χ1) is 7.66. The molecule has 0 aromatic rings. The fraction of sp³-hybridized carbons (Fsp3) is 0.917. The molecule has 0 saturated carbocycles. The fourth-order valence-corrected chi connectivity index (χ4v) is 1.74. The predicted octanol–water partition coefficient (Wildman–Crippen LogP) is 2.45. The van der Waals surface area contributed by atoms with Gasteiger partial charge in [0.2, 0.25) is 5.91 Å². The van der Waals surface area contributed by atoms with Crippen LogP contribution in [0, 0.1) is 0 Å². The highest BCUT2D eigenvalue weighted by Crippen LogP contribution is 2.03. The lowest BCUT2D eigenvalue weighted by atomic mass is 10.2. The third kappa shape index (κ3) is 11.9. The number of amides is 1. The Morgan fingerprint density at radius 2 is 1.94 bits per heavy atom. The Hall–Kier alpha value is -0.220. The van der Waals surface area contributed by atoms with Crippen molar-refractivity contribution in [2.45, 2.75) is 45.6 Å². The molecule has 4 heteroatoms. The van der Waals surface area contributed by atoms with E-state index in [0.717, 1.165) is 13.0 Å². The van der Waals surface area contributed by atoms with Gasteiger partial charge in [-0.3, -0.25) is 4.79 Å². The summed E-state index contributed by atoms with van der Waals surface area (Å²) in [4.78, 5) is 11.2. The van der Waals surface area contributed by atoms with E-state index in [-0.39, 0.29) is 18.6 Å². The van der Waals surface area contributed by atoms with E-state index >= 15 is 0 Å². The number of hydrogen-bond acceptors (Lipinski definition) is 3. The molecule has 0 atom stereocenters. The number of unbranched alkanes of at least 4 members (excludes halogenated alkanes) is 3. The molecule has 0 aromatic carbocycles. The zero-order valence-corrected chi connectivity index (χ0v) is 11.6. The lowest BCUT2D eigenvalue weighted by Gasteiger charge is -2.08. The van der Waals surface area contributed by atoms with Crippen molar-refractivity contribution in [2.24, 2.45) is 0 Å². The van der Waals surface area contributed by atoms with Crippen molar-refractivity contribution in [3.8, 4) is 0 Å². The molecule has 0 aromatic heterocycles. The van der Waals surface area contributed by atoms with Crippen molar-refractivity contribution in [1.29, 1.82) is 0 Å². The molecule has 96 valence electrons. The number of carbonyl (C=O) groups is 1. The summed E-state index contributed by atoms with van der Waals surface area (Å²) in [5.41, 5.74) is 0. The molecule has 0 rings (SSSR count). The van der Waals surface area contributed by atoms with Gasteiger partial charge in [0, 0.05) is 6.54 Å². The van der Waals surface area contributed by atoms with E-state index < -0.39 is 0 Å². The van der Waals surface area contributed by atoms with Crippen molar-refractivity contribution in [2.75, 3.05) is 25.2 Å². The lowest BCUT2D eigenvalue weighted by Crippen LogP contribution is -2.29. The molecule has 1 N–H and O–H groups in total. The average molecular weight is 247 g/mol. The Morgan fingerprint density at radius 1 is 1.25 bits per heavy atom. The summed E-state index contributed by atoms with van der Waals surface area (Å²) in [6.45, 7) is 4.82. The van der Waals surface area contributed by atoms with Crippen LogP contribution in [0.3, 0.4) is 0 Å². The minimum atomic E-state index is -0.00202. The van der Waals surface area contributed by atoms with Crippen LogP contribution < -0.4 is 5.32 Å². The van der Waals surface area contributed by atoms with Gasteiger partial charge in [0.25, 0.3) is 0 Å². The quantitative estimate of drug-likeness (QED) is 0.603. The molecule has 16 heavy (non-hydrogen) atoms. The largest absolute Gasteiger partial charge is 0.369 e. The first kappa shape index (κ1) is 15.8. The summed E-state index contributed by atoms with van der Waals surface area (Å²) < 4.78 is 5.20. The van der Waals surface area contributed by atoms with Gasteiger partial charge in [0.1, 0.15) is 6.61 Å². The van der Waals surface area contributed by atoms with Crippen molar-refractivity contribution in [3.05, 3.63) is 0 Å². The molecular formula is C12H25NO2S. The average Bonchev–Trinajstić information content (AvgIpc) is 2.25. The van der Waals surface area contributed by atoms with Gasteiger partial charge in [-0.05, 0) is 38.7 Å². The summed E-state index contributed by atoms with van der Waals surface area (Å²) in [5.74, 6) is 1.24. The maximum absolute atomic E-state index is 11.2. The zero-order valence-electron chi connectivity index (χ0n) is 10.8. The summed E-state index contributed by atoms with van der Waals surface area (Å²) in [6.07, 6.45) is 7.07. The second-order valence-electron chi connectivity index (χ2n) is 4.12. The van der Waals surface area contributed by atoms with E-state index in [1.807, 2.05) is 25.6 Å². The minimum absolute atomic E-state index is 0.00202. The van der Waals surface area contributed by atoms with Crippen molar-refractivity contribution in [1.82, 2.24) is 5.32 Å². The monoisotopic (exact) mass is 247 g/mol. The van der Waals surface area contributed by atoms with E-state index in [0.29, 0.717) is 0 Å². The highest BCUT2D eigenvalue weighted by molar-refractivity contribution is 7.98. The van der Waals surface area contributed by atoms with Crippen LogP contribution in [-0.4, -0.2) is 37.2 Å². The fourth-order valence-electron chi connectivity index (χ4n) is 1.25. The highest BCUT2D eigenvalue weighted by Gasteiger charge is 2.01.